The highest BCUT2D eigenvalue weighted by Gasteiger charge is 2.05. The summed E-state index contributed by atoms with van der Waals surface area (Å²) in [6, 6.07) is 0. The van der Waals surface area contributed by atoms with Crippen molar-refractivity contribution in [3.8, 4) is 0 Å². The van der Waals surface area contributed by atoms with Crippen molar-refractivity contribution in [3.63, 3.8) is 0 Å². The van der Waals surface area contributed by atoms with Gasteiger partial charge >= 0.3 is 5.76 Å². The molecule has 0 atom stereocenters. The lowest BCUT2D eigenvalue weighted by Gasteiger charge is -1.96. The third-order valence-electron chi connectivity index (χ3n) is 1.97. The Balaban J connectivity index is 2.99. The first-order valence-electron chi connectivity index (χ1n) is 3.63. The number of oxazole rings is 1. The highest BCUT2D eigenvalue weighted by Crippen LogP contribution is 2.14. The Bertz CT molecular complexity index is 481. The van der Waals surface area contributed by atoms with Gasteiger partial charge in [0, 0.05) is 6.20 Å². The maximum absolute atomic E-state index is 10.8. The standard InChI is InChI=1S/C8H8N2O2/c1-4-3-9-7-6(5(4)2)10-8(11)12-7/h3H,1-2H3,(H,10,11). The molecule has 62 valence electrons. The molecule has 2 rings (SSSR count). The molecule has 0 bridgehead atoms. The lowest BCUT2D eigenvalue weighted by Crippen LogP contribution is -1.93. The van der Waals surface area contributed by atoms with E-state index >= 15 is 0 Å². The molecule has 4 nitrogen and oxygen atoms in total. The lowest BCUT2D eigenvalue weighted by atomic mass is 10.2. The summed E-state index contributed by atoms with van der Waals surface area (Å²) in [4.78, 5) is 17.3. The molecule has 0 aromatic carbocycles. The molecule has 2 heterocycles. The van der Waals surface area contributed by atoms with Crippen molar-refractivity contribution in [2.45, 2.75) is 13.8 Å². The Hall–Kier alpha value is -1.58. The van der Waals surface area contributed by atoms with Gasteiger partial charge in [-0.15, -0.1) is 0 Å². The number of fused-ring (bicyclic) bond motifs is 1. The quantitative estimate of drug-likeness (QED) is 0.635. The average Bonchev–Trinajstić information content (AvgIpc) is 2.39. The minimum atomic E-state index is -0.453. The van der Waals surface area contributed by atoms with Crippen LogP contribution in [0.25, 0.3) is 11.2 Å². The zero-order valence-electron chi connectivity index (χ0n) is 6.84. The van der Waals surface area contributed by atoms with Gasteiger partial charge < -0.3 is 4.42 Å². The third-order valence-corrected chi connectivity index (χ3v) is 1.97. The summed E-state index contributed by atoms with van der Waals surface area (Å²) < 4.78 is 4.78. The number of aryl methyl sites for hydroxylation is 2. The van der Waals surface area contributed by atoms with Crippen LogP contribution in [0, 0.1) is 13.8 Å². The summed E-state index contributed by atoms with van der Waals surface area (Å²) in [6.45, 7) is 3.86. The van der Waals surface area contributed by atoms with Crippen LogP contribution in [0.2, 0.25) is 0 Å². The Labute approximate surface area is 68.2 Å². The average molecular weight is 164 g/mol. The van der Waals surface area contributed by atoms with Gasteiger partial charge in [-0.1, -0.05) is 0 Å². The van der Waals surface area contributed by atoms with Crippen molar-refractivity contribution in [2.75, 3.05) is 0 Å². The number of pyridine rings is 1. The van der Waals surface area contributed by atoms with Crippen LogP contribution >= 0.6 is 0 Å². The number of hydrogen-bond donors (Lipinski definition) is 1. The number of nitrogens with one attached hydrogen (secondary N) is 1. The van der Waals surface area contributed by atoms with Crippen LogP contribution in [-0.4, -0.2) is 9.97 Å². The van der Waals surface area contributed by atoms with E-state index in [0.29, 0.717) is 11.2 Å². The van der Waals surface area contributed by atoms with Crippen molar-refractivity contribution in [1.29, 1.82) is 0 Å². The molecule has 0 spiro atoms. The minimum Gasteiger partial charge on any atom is -0.389 e. The molecule has 0 unspecified atom stereocenters. The predicted octanol–water partition coefficient (Wildman–Crippen LogP) is 1.13. The number of hydrogen-bond acceptors (Lipinski definition) is 3. The van der Waals surface area contributed by atoms with Crippen LogP contribution in [0.1, 0.15) is 11.1 Å². The monoisotopic (exact) mass is 164 g/mol. The van der Waals surface area contributed by atoms with E-state index < -0.39 is 5.76 Å². The summed E-state index contributed by atoms with van der Waals surface area (Å²) in [6.07, 6.45) is 1.69. The van der Waals surface area contributed by atoms with Crippen molar-refractivity contribution in [3.05, 3.63) is 27.9 Å². The molecule has 0 aliphatic heterocycles. The second-order valence-corrected chi connectivity index (χ2v) is 2.76. The molecule has 0 amide bonds. The molecule has 0 saturated carbocycles. The highest BCUT2D eigenvalue weighted by molar-refractivity contribution is 5.72. The van der Waals surface area contributed by atoms with E-state index in [9.17, 15) is 4.79 Å². The van der Waals surface area contributed by atoms with Crippen LogP contribution in [-0.2, 0) is 0 Å². The Kier molecular flexibility index (Phi) is 1.30. The first-order valence-corrected chi connectivity index (χ1v) is 3.63. The van der Waals surface area contributed by atoms with Crippen LogP contribution in [0.4, 0.5) is 0 Å². The van der Waals surface area contributed by atoms with Gasteiger partial charge in [-0.25, -0.2) is 9.78 Å². The van der Waals surface area contributed by atoms with E-state index in [1.54, 1.807) is 6.20 Å². The Morgan fingerprint density at radius 3 is 3.00 bits per heavy atom. The molecular weight excluding hydrogens is 156 g/mol. The molecule has 1 N–H and O–H groups in total. The van der Waals surface area contributed by atoms with Crippen LogP contribution in [0.3, 0.4) is 0 Å². The molecule has 12 heavy (non-hydrogen) atoms. The SMILES string of the molecule is Cc1cnc2oc(=O)[nH]c2c1C. The third kappa shape index (κ3) is 0.845. The fourth-order valence-corrected chi connectivity index (χ4v) is 1.11. The van der Waals surface area contributed by atoms with E-state index in [4.69, 9.17) is 4.42 Å². The van der Waals surface area contributed by atoms with Crippen molar-refractivity contribution in [1.82, 2.24) is 9.97 Å². The van der Waals surface area contributed by atoms with Gasteiger partial charge in [-0.3, -0.25) is 4.98 Å². The smallest absolute Gasteiger partial charge is 0.389 e. The molecule has 4 heteroatoms. The normalized spacial score (nSPS) is 10.8. The van der Waals surface area contributed by atoms with Crippen molar-refractivity contribution >= 4 is 11.2 Å². The van der Waals surface area contributed by atoms with Gasteiger partial charge in [0.25, 0.3) is 0 Å². The second-order valence-electron chi connectivity index (χ2n) is 2.76. The predicted molar refractivity (Wildman–Crippen MR) is 44.1 cm³/mol. The zero-order valence-corrected chi connectivity index (χ0v) is 6.84. The molecule has 2 aromatic heterocycles. The number of rotatable bonds is 0. The fraction of sp³-hybridized carbons (Fsp3) is 0.250. The van der Waals surface area contributed by atoms with Crippen molar-refractivity contribution < 1.29 is 4.42 Å². The van der Waals surface area contributed by atoms with E-state index in [1.165, 1.54) is 0 Å². The second kappa shape index (κ2) is 2.20. The Morgan fingerprint density at radius 2 is 2.25 bits per heavy atom. The molecule has 0 saturated heterocycles. The summed E-state index contributed by atoms with van der Waals surface area (Å²) >= 11 is 0. The Morgan fingerprint density at radius 1 is 1.50 bits per heavy atom. The summed E-state index contributed by atoms with van der Waals surface area (Å²) in [7, 11) is 0. The summed E-state index contributed by atoms with van der Waals surface area (Å²) in [5, 5.41) is 0. The number of nitrogens with zero attached hydrogens (tertiary/aromatic N) is 1. The fourth-order valence-electron chi connectivity index (χ4n) is 1.11. The minimum absolute atomic E-state index is 0.378. The van der Waals surface area contributed by atoms with Gasteiger partial charge in [-0.05, 0) is 25.0 Å². The van der Waals surface area contributed by atoms with Gasteiger partial charge in [0.15, 0.2) is 0 Å². The molecular formula is C8H8N2O2. The largest absolute Gasteiger partial charge is 0.418 e. The summed E-state index contributed by atoms with van der Waals surface area (Å²) in [5.41, 5.74) is 3.12. The van der Waals surface area contributed by atoms with E-state index in [2.05, 4.69) is 9.97 Å². The van der Waals surface area contributed by atoms with Gasteiger partial charge in [-0.2, -0.15) is 0 Å². The molecule has 0 fully saturated rings. The maximum Gasteiger partial charge on any atom is 0.418 e. The first kappa shape index (κ1) is 7.09. The first-order chi connectivity index (χ1) is 5.68. The van der Waals surface area contributed by atoms with Gasteiger partial charge in [0.1, 0.15) is 5.52 Å². The number of H-pyrrole nitrogens is 1. The van der Waals surface area contributed by atoms with Crippen LogP contribution < -0.4 is 5.76 Å². The van der Waals surface area contributed by atoms with Gasteiger partial charge in [0.05, 0.1) is 0 Å². The topological polar surface area (TPSA) is 58.9 Å². The maximum atomic E-state index is 10.8. The number of aromatic nitrogens is 2. The zero-order chi connectivity index (χ0) is 8.72. The molecule has 0 aliphatic carbocycles. The highest BCUT2D eigenvalue weighted by atomic mass is 16.4. The van der Waals surface area contributed by atoms with Crippen molar-refractivity contribution in [2.24, 2.45) is 0 Å². The number of aromatic amines is 1. The molecule has 0 radical (unpaired) electrons. The molecule has 2 aromatic rings. The van der Waals surface area contributed by atoms with Crippen LogP contribution in [0.5, 0.6) is 0 Å². The van der Waals surface area contributed by atoms with E-state index in [0.717, 1.165) is 11.1 Å². The van der Waals surface area contributed by atoms with Crippen LogP contribution in [0.15, 0.2) is 15.4 Å². The van der Waals surface area contributed by atoms with Gasteiger partial charge in [0.2, 0.25) is 5.71 Å². The summed E-state index contributed by atoms with van der Waals surface area (Å²) in [5.74, 6) is -0.453. The lowest BCUT2D eigenvalue weighted by molar-refractivity contribution is 0.545. The molecule has 0 aliphatic rings. The van der Waals surface area contributed by atoms with E-state index in [1.807, 2.05) is 13.8 Å². The van der Waals surface area contributed by atoms with E-state index in [-0.39, 0.29) is 0 Å².